The van der Waals surface area contributed by atoms with Crippen LogP contribution in [0.4, 0.5) is 0 Å². The van der Waals surface area contributed by atoms with Crippen molar-refractivity contribution in [3.8, 4) is 0 Å². The molecule has 0 aromatic carbocycles. The van der Waals surface area contributed by atoms with Gasteiger partial charge in [0.2, 0.25) is 0 Å². The molecule has 0 aliphatic carbocycles. The molecule has 0 saturated carbocycles. The van der Waals surface area contributed by atoms with Gasteiger partial charge in [-0.25, -0.2) is 4.57 Å². The van der Waals surface area contributed by atoms with Crippen molar-refractivity contribution in [3.05, 3.63) is 0 Å². The van der Waals surface area contributed by atoms with E-state index in [9.17, 15) is 4.79 Å². The Bertz CT molecular complexity index is 338. The Kier molecular flexibility index (Phi) is 47.1. The standard InChI is InChI=1S/C18H36O2.2Ca.Mg.H3O4P.6H/c1-2-3-4-5-6-7-8-9-10-11-12-13-14-15-16-17-18(19)20;;;;1-5(2,3)4;;;;;;/h2-17H2,1H3,(H,19,20);;;;(H3,1,2,3,4);;;;;;. The van der Waals surface area contributed by atoms with E-state index in [1.807, 2.05) is 0 Å². The van der Waals surface area contributed by atoms with Crippen LogP contribution in [0.1, 0.15) is 110 Å². The Morgan fingerprint density at radius 2 is 0.857 bits per heavy atom. The van der Waals surface area contributed by atoms with Gasteiger partial charge < -0.3 is 19.8 Å². The average molecular weight is 493 g/mol. The number of rotatable bonds is 16. The van der Waals surface area contributed by atoms with Crippen LogP contribution in [0.15, 0.2) is 0 Å². The summed E-state index contributed by atoms with van der Waals surface area (Å²) >= 11 is 0. The minimum atomic E-state index is -4.64. The summed E-state index contributed by atoms with van der Waals surface area (Å²) in [5.74, 6) is -0.653. The molecule has 10 heteroatoms. The SMILES string of the molecule is CCCCCCCCCCCCCCCCCC(=O)O.O=P(O)(O)O.[CaH2].[CaH2].[MgH2]. The largest absolute Gasteiger partial charge is 0.316 e. The Labute approximate surface area is 247 Å². The first-order valence-corrected chi connectivity index (χ1v) is 11.3. The number of phosphoric acid groups is 1. The van der Waals surface area contributed by atoms with Gasteiger partial charge in [0.25, 0.3) is 0 Å². The molecule has 0 atom stereocenters. The van der Waals surface area contributed by atoms with Crippen molar-refractivity contribution in [1.82, 2.24) is 0 Å². The Morgan fingerprint density at radius 1 is 0.643 bits per heavy atom. The summed E-state index contributed by atoms with van der Waals surface area (Å²) in [5.41, 5.74) is 0. The maximum atomic E-state index is 10.3. The summed E-state index contributed by atoms with van der Waals surface area (Å²) in [6.45, 7) is 2.27. The number of hydrogen-bond donors (Lipinski definition) is 4. The molecule has 0 saturated heterocycles. The van der Waals surface area contributed by atoms with Gasteiger partial charge >= 0.3 is 112 Å². The second-order valence-electron chi connectivity index (χ2n) is 6.61. The fourth-order valence-electron chi connectivity index (χ4n) is 2.65. The smallest absolute Gasteiger partial charge is 0.316 e. The average Bonchev–Trinajstić information content (AvgIpc) is 2.49. The van der Waals surface area contributed by atoms with Crippen molar-refractivity contribution < 1.29 is 29.1 Å². The summed E-state index contributed by atoms with van der Waals surface area (Å²) in [5, 5.41) is 8.52. The van der Waals surface area contributed by atoms with Gasteiger partial charge in [0.1, 0.15) is 0 Å². The molecule has 0 heterocycles. The van der Waals surface area contributed by atoms with E-state index < -0.39 is 13.8 Å². The van der Waals surface area contributed by atoms with E-state index in [0.29, 0.717) is 6.42 Å². The van der Waals surface area contributed by atoms with Crippen molar-refractivity contribution in [1.29, 1.82) is 0 Å². The number of unbranched alkanes of at least 4 members (excludes halogenated alkanes) is 14. The zero-order valence-corrected chi connectivity index (χ0v) is 16.8. The quantitative estimate of drug-likeness (QED) is 0.150. The third kappa shape index (κ3) is 56.8. The summed E-state index contributed by atoms with van der Waals surface area (Å²) in [4.78, 5) is 31.9. The predicted molar refractivity (Wildman–Crippen MR) is 127 cm³/mol. The second-order valence-corrected chi connectivity index (χ2v) is 7.63. The van der Waals surface area contributed by atoms with Crippen molar-refractivity contribution in [3.63, 3.8) is 0 Å². The minimum Gasteiger partial charge on any atom is 0.316 e. The van der Waals surface area contributed by atoms with Crippen molar-refractivity contribution >= 4 is 112 Å². The van der Waals surface area contributed by atoms with Crippen molar-refractivity contribution in [2.24, 2.45) is 0 Å². The van der Waals surface area contributed by atoms with Crippen LogP contribution < -0.4 is 0 Å². The van der Waals surface area contributed by atoms with E-state index in [-0.39, 0.29) is 98.5 Å². The molecule has 0 aliphatic rings. The van der Waals surface area contributed by atoms with Gasteiger partial charge in [0.15, 0.2) is 0 Å². The Hall–Kier alpha value is 2.87. The van der Waals surface area contributed by atoms with Crippen LogP contribution in [-0.4, -0.2) is 124 Å². The number of hydrogen-bond acceptors (Lipinski definition) is 2. The summed E-state index contributed by atoms with van der Waals surface area (Å²) in [6.07, 6.45) is 20.2. The number of carboxylic acids is 1. The molecule has 0 fully saturated rings. The van der Waals surface area contributed by atoms with E-state index in [4.69, 9.17) is 24.4 Å². The van der Waals surface area contributed by atoms with Crippen LogP contribution in [0.3, 0.4) is 0 Å². The Morgan fingerprint density at radius 3 is 1.07 bits per heavy atom. The van der Waals surface area contributed by atoms with Gasteiger partial charge in [0, 0.05) is 6.42 Å². The molecule has 0 bridgehead atoms. The normalized spacial score (nSPS) is 9.86. The maximum Gasteiger partial charge on any atom is 0.316 e. The molecule has 0 radical (unpaired) electrons. The van der Waals surface area contributed by atoms with Crippen LogP contribution in [0.5, 0.6) is 0 Å². The van der Waals surface area contributed by atoms with Gasteiger partial charge in [-0.2, -0.15) is 0 Å². The molecule has 0 rings (SSSR count). The topological polar surface area (TPSA) is 115 Å². The molecule has 0 unspecified atom stereocenters. The van der Waals surface area contributed by atoms with E-state index >= 15 is 0 Å². The first kappa shape index (κ1) is 41.2. The summed E-state index contributed by atoms with van der Waals surface area (Å²) < 4.78 is 8.88. The molecular formula is C18H45Ca2MgO6P. The molecule has 164 valence electrons. The van der Waals surface area contributed by atoms with Crippen molar-refractivity contribution in [2.75, 3.05) is 0 Å². The van der Waals surface area contributed by atoms with Crippen LogP contribution in [0.25, 0.3) is 0 Å². The molecule has 4 N–H and O–H groups in total. The maximum absolute atomic E-state index is 10.3. The van der Waals surface area contributed by atoms with Gasteiger partial charge in [-0.15, -0.1) is 0 Å². The fraction of sp³-hybridized carbons (Fsp3) is 0.944. The van der Waals surface area contributed by atoms with Crippen LogP contribution in [0.2, 0.25) is 0 Å². The summed E-state index contributed by atoms with van der Waals surface area (Å²) in [6, 6.07) is 0. The fourth-order valence-corrected chi connectivity index (χ4v) is 2.65. The molecule has 0 aliphatic heterocycles. The minimum absolute atomic E-state index is 0. The Balaban J connectivity index is -0.000000195. The third-order valence-corrected chi connectivity index (χ3v) is 3.99. The van der Waals surface area contributed by atoms with Gasteiger partial charge in [-0.05, 0) is 6.42 Å². The van der Waals surface area contributed by atoms with Crippen molar-refractivity contribution in [2.45, 2.75) is 110 Å². The predicted octanol–water partition coefficient (Wildman–Crippen LogP) is 2.66. The summed E-state index contributed by atoms with van der Waals surface area (Å²) in [7, 11) is -4.64. The van der Waals surface area contributed by atoms with Crippen LogP contribution >= 0.6 is 7.82 Å². The first-order valence-electron chi connectivity index (χ1n) is 9.77. The molecule has 0 aromatic heterocycles. The van der Waals surface area contributed by atoms with Crippen LogP contribution in [-0.2, 0) is 9.36 Å². The van der Waals surface area contributed by atoms with Crippen LogP contribution in [0, 0.1) is 0 Å². The molecule has 6 nitrogen and oxygen atoms in total. The third-order valence-electron chi connectivity index (χ3n) is 3.99. The number of aliphatic carboxylic acids is 1. The van der Waals surface area contributed by atoms with E-state index in [1.165, 1.54) is 83.5 Å². The monoisotopic (exact) mass is 492 g/mol. The second kappa shape index (κ2) is 32.0. The molecular weight excluding hydrogens is 448 g/mol. The van der Waals surface area contributed by atoms with E-state index in [1.54, 1.807) is 0 Å². The number of carboxylic acid groups (broad SMARTS) is 1. The van der Waals surface area contributed by atoms with E-state index in [0.717, 1.165) is 12.8 Å². The molecule has 0 aromatic rings. The van der Waals surface area contributed by atoms with Gasteiger partial charge in [-0.3, -0.25) is 4.79 Å². The first-order chi connectivity index (χ1) is 11.8. The molecule has 0 amide bonds. The molecule has 28 heavy (non-hydrogen) atoms. The van der Waals surface area contributed by atoms with Gasteiger partial charge in [-0.1, -0.05) is 96.8 Å². The zero-order valence-electron chi connectivity index (χ0n) is 15.9. The number of carbonyl (C=O) groups is 1. The zero-order chi connectivity index (χ0) is 19.4. The van der Waals surface area contributed by atoms with E-state index in [2.05, 4.69) is 6.92 Å². The van der Waals surface area contributed by atoms with Gasteiger partial charge in [0.05, 0.1) is 0 Å². The molecule has 0 spiro atoms.